The molecule has 198 valence electrons. The van der Waals surface area contributed by atoms with Crippen LogP contribution in [0.1, 0.15) is 11.1 Å². The Hall–Kier alpha value is -3.64. The summed E-state index contributed by atoms with van der Waals surface area (Å²) < 4.78 is 134. The summed E-state index contributed by atoms with van der Waals surface area (Å²) in [6, 6.07) is -0.192. The van der Waals surface area contributed by atoms with Crippen LogP contribution < -0.4 is 10.1 Å². The van der Waals surface area contributed by atoms with Gasteiger partial charge in [0, 0.05) is 12.3 Å². The molecule has 20 heteroatoms. The zero-order valence-corrected chi connectivity index (χ0v) is 17.3. The van der Waals surface area contributed by atoms with Crippen molar-refractivity contribution in [3.8, 4) is 5.75 Å². The highest BCUT2D eigenvalue weighted by molar-refractivity contribution is 6.33. The lowest BCUT2D eigenvalue weighted by molar-refractivity contribution is -0.393. The van der Waals surface area contributed by atoms with E-state index in [1.54, 1.807) is 5.32 Å². The molecule has 1 aromatic heterocycles. The summed E-state index contributed by atoms with van der Waals surface area (Å²) in [5.74, 6) is -8.20. The topological polar surface area (TPSA) is 120 Å². The number of nitrogens with one attached hydrogen (secondary N) is 1. The van der Waals surface area contributed by atoms with E-state index in [1.165, 1.54) is 0 Å². The molecule has 0 aliphatic rings. The van der Waals surface area contributed by atoms with Crippen LogP contribution in [0.3, 0.4) is 0 Å². The summed E-state index contributed by atoms with van der Waals surface area (Å²) in [4.78, 5) is 22.7. The number of alkyl halides is 10. The lowest BCUT2D eigenvalue weighted by atomic mass is 10.1. The maximum atomic E-state index is 13.5. The highest BCUT2D eigenvalue weighted by Crippen LogP contribution is 2.51. The average Bonchev–Trinajstić information content (AvgIpc) is 2.71. The number of ether oxygens (including phenoxy) is 1. The Kier molecular flexibility index (Phi) is 7.77. The molecule has 0 aliphatic heterocycles. The predicted octanol–water partition coefficient (Wildman–Crippen LogP) is 6.61. The van der Waals surface area contributed by atoms with Gasteiger partial charge in [-0.05, 0) is 6.07 Å². The summed E-state index contributed by atoms with van der Waals surface area (Å²) in [5.41, 5.74) is -9.13. The molecule has 0 fully saturated rings. The number of nitrogens with zero attached hydrogens (tertiary/aromatic N) is 3. The number of rotatable bonds is 8. The minimum Gasteiger partial charge on any atom is -0.480 e. The molecule has 0 radical (unpaired) electrons. The normalized spacial score (nSPS) is 12.6. The van der Waals surface area contributed by atoms with Crippen molar-refractivity contribution in [1.82, 2.24) is 4.98 Å². The van der Waals surface area contributed by atoms with E-state index < -0.39 is 92.0 Å². The van der Waals surface area contributed by atoms with Gasteiger partial charge >= 0.3 is 36.1 Å². The third-order valence-electron chi connectivity index (χ3n) is 4.06. The van der Waals surface area contributed by atoms with E-state index in [9.17, 15) is 64.1 Å². The van der Waals surface area contributed by atoms with Gasteiger partial charge in [-0.15, -0.1) is 0 Å². The Morgan fingerprint density at radius 2 is 1.58 bits per heavy atom. The highest BCUT2D eigenvalue weighted by Gasteiger charge is 2.47. The molecule has 0 saturated heterocycles. The molecule has 2 rings (SSSR count). The van der Waals surface area contributed by atoms with Crippen LogP contribution >= 0.6 is 11.6 Å². The predicted molar refractivity (Wildman–Crippen MR) is 98.7 cm³/mol. The quantitative estimate of drug-likeness (QED) is 0.219. The van der Waals surface area contributed by atoms with Crippen molar-refractivity contribution in [3.05, 3.63) is 54.7 Å². The molecule has 1 aromatic carbocycles. The van der Waals surface area contributed by atoms with Gasteiger partial charge in [0.25, 0.3) is 0 Å². The number of nitro groups is 2. The third-order valence-corrected chi connectivity index (χ3v) is 4.35. The standard InChI is InChI=1S/C16H7ClF10N4O5/c17-7-1-5(15(22,23)24)3-28-12(7)29-9-8(30(32)33)2-6(16(25,26)27)11(10(9)31(34)35)36-4-14(20,21)13(18)19/h1-3,13H,4H2,(H,28,29). The Morgan fingerprint density at radius 3 is 2.00 bits per heavy atom. The number of benzene rings is 1. The van der Waals surface area contributed by atoms with Crippen molar-refractivity contribution in [2.45, 2.75) is 24.7 Å². The Morgan fingerprint density at radius 1 is 1.00 bits per heavy atom. The molecule has 1 N–H and O–H groups in total. The van der Waals surface area contributed by atoms with Crippen molar-refractivity contribution in [3.63, 3.8) is 0 Å². The number of hydrogen-bond donors (Lipinski definition) is 1. The van der Waals surface area contributed by atoms with E-state index in [0.717, 1.165) is 0 Å². The first-order chi connectivity index (χ1) is 16.3. The highest BCUT2D eigenvalue weighted by atomic mass is 35.5. The van der Waals surface area contributed by atoms with Crippen LogP contribution in [-0.2, 0) is 12.4 Å². The van der Waals surface area contributed by atoms with Crippen LogP contribution in [0.4, 0.5) is 66.8 Å². The average molecular weight is 561 g/mol. The van der Waals surface area contributed by atoms with Crippen molar-refractivity contribution in [1.29, 1.82) is 0 Å². The molecule has 2 aromatic rings. The third kappa shape index (κ3) is 6.13. The lowest BCUT2D eigenvalue weighted by Gasteiger charge is -2.20. The van der Waals surface area contributed by atoms with Gasteiger partial charge in [0.15, 0.2) is 6.61 Å². The van der Waals surface area contributed by atoms with Gasteiger partial charge in [0.2, 0.25) is 11.4 Å². The second-order valence-electron chi connectivity index (χ2n) is 6.54. The number of hydrogen-bond acceptors (Lipinski definition) is 7. The van der Waals surface area contributed by atoms with Gasteiger partial charge in [-0.1, -0.05) is 11.6 Å². The number of anilines is 2. The van der Waals surface area contributed by atoms with E-state index in [0.29, 0.717) is 0 Å². The van der Waals surface area contributed by atoms with Gasteiger partial charge in [-0.3, -0.25) is 20.2 Å². The molecule has 1 heterocycles. The minimum absolute atomic E-state index is 0.108. The van der Waals surface area contributed by atoms with Crippen LogP contribution in [0.5, 0.6) is 5.75 Å². The van der Waals surface area contributed by atoms with Crippen LogP contribution in [0, 0.1) is 20.2 Å². The second kappa shape index (κ2) is 9.78. The first-order valence-corrected chi connectivity index (χ1v) is 9.00. The number of nitro benzene ring substituents is 2. The van der Waals surface area contributed by atoms with E-state index >= 15 is 0 Å². The van der Waals surface area contributed by atoms with E-state index in [-0.39, 0.29) is 12.3 Å². The largest absolute Gasteiger partial charge is 0.480 e. The number of aromatic nitrogens is 1. The molecule has 0 atom stereocenters. The van der Waals surface area contributed by atoms with Gasteiger partial charge in [-0.25, -0.2) is 13.8 Å². The Bertz CT molecular complexity index is 1190. The molecule has 0 bridgehead atoms. The molecule has 0 amide bonds. The van der Waals surface area contributed by atoms with Crippen LogP contribution in [-0.4, -0.2) is 33.8 Å². The summed E-state index contributed by atoms with van der Waals surface area (Å²) >= 11 is 5.59. The molecule has 0 aliphatic carbocycles. The van der Waals surface area contributed by atoms with Gasteiger partial charge < -0.3 is 10.1 Å². The molecule has 0 unspecified atom stereocenters. The van der Waals surface area contributed by atoms with Crippen LogP contribution in [0.25, 0.3) is 0 Å². The Labute approximate surface area is 195 Å². The summed E-state index contributed by atoms with van der Waals surface area (Å²) in [5, 5.41) is 23.7. The van der Waals surface area contributed by atoms with E-state index in [2.05, 4.69) is 9.72 Å². The minimum atomic E-state index is -5.73. The second-order valence-corrected chi connectivity index (χ2v) is 6.94. The van der Waals surface area contributed by atoms with Crippen molar-refractivity contribution >= 4 is 34.5 Å². The zero-order valence-electron chi connectivity index (χ0n) is 16.6. The molecule has 0 saturated carbocycles. The summed E-state index contributed by atoms with van der Waals surface area (Å²) in [6.07, 6.45) is -15.1. The molecule has 0 spiro atoms. The van der Waals surface area contributed by atoms with Crippen LogP contribution in [0.15, 0.2) is 18.3 Å². The fourth-order valence-corrected chi connectivity index (χ4v) is 2.68. The van der Waals surface area contributed by atoms with E-state index in [4.69, 9.17) is 11.6 Å². The lowest BCUT2D eigenvalue weighted by Crippen LogP contribution is -2.34. The molecular formula is C16H7ClF10N4O5. The van der Waals surface area contributed by atoms with Gasteiger partial charge in [0.05, 0.1) is 20.4 Å². The maximum absolute atomic E-state index is 13.5. The molecule has 9 nitrogen and oxygen atoms in total. The first-order valence-electron chi connectivity index (χ1n) is 8.62. The smallest absolute Gasteiger partial charge is 0.420 e. The van der Waals surface area contributed by atoms with E-state index in [1.807, 2.05) is 0 Å². The van der Waals surface area contributed by atoms with Crippen molar-refractivity contribution < 1.29 is 58.5 Å². The van der Waals surface area contributed by atoms with Crippen molar-refractivity contribution in [2.24, 2.45) is 0 Å². The fourth-order valence-electron chi connectivity index (χ4n) is 2.47. The summed E-state index contributed by atoms with van der Waals surface area (Å²) in [7, 11) is 0. The Balaban J connectivity index is 2.82. The van der Waals surface area contributed by atoms with Gasteiger partial charge in [0.1, 0.15) is 11.4 Å². The summed E-state index contributed by atoms with van der Waals surface area (Å²) in [6.45, 7) is -2.52. The number of halogens is 11. The molecular weight excluding hydrogens is 554 g/mol. The van der Waals surface area contributed by atoms with Crippen LogP contribution in [0.2, 0.25) is 5.02 Å². The first kappa shape index (κ1) is 28.6. The number of pyridine rings is 1. The SMILES string of the molecule is O=[N+]([O-])c1cc(C(F)(F)F)c(OCC(F)(F)C(F)F)c([N+](=O)[O-])c1Nc1ncc(C(F)(F)F)cc1Cl. The fraction of sp³-hybridized carbons (Fsp3) is 0.312. The van der Waals surface area contributed by atoms with Gasteiger partial charge in [-0.2, -0.15) is 35.1 Å². The van der Waals surface area contributed by atoms with Crippen molar-refractivity contribution in [2.75, 3.05) is 11.9 Å². The zero-order chi connectivity index (χ0) is 27.8. The maximum Gasteiger partial charge on any atom is 0.420 e. The molecule has 36 heavy (non-hydrogen) atoms. The monoisotopic (exact) mass is 560 g/mol.